The highest BCUT2D eigenvalue weighted by atomic mass is 32.2. The van der Waals surface area contributed by atoms with E-state index in [1.54, 1.807) is 6.07 Å². The molecule has 0 bridgehead atoms. The van der Waals surface area contributed by atoms with Gasteiger partial charge in [0.2, 0.25) is 10.0 Å². The average molecular weight is 403 g/mol. The number of nitrogens with one attached hydrogen (secondary N) is 3. The predicted molar refractivity (Wildman–Crippen MR) is 105 cm³/mol. The van der Waals surface area contributed by atoms with Gasteiger partial charge in [-0.25, -0.2) is 13.1 Å². The minimum Gasteiger partial charge on any atom is -0.481 e. The minimum absolute atomic E-state index is 0.0696. The molecule has 1 aromatic carbocycles. The smallest absolute Gasteiger partial charge is 0.307 e. The fourth-order valence-corrected chi connectivity index (χ4v) is 5.28. The van der Waals surface area contributed by atoms with Crippen LogP contribution < -0.4 is 10.3 Å². The molecule has 2 aromatic heterocycles. The molecule has 2 heterocycles. The van der Waals surface area contributed by atoms with E-state index in [-0.39, 0.29) is 28.4 Å². The number of carboxylic acid groups (broad SMARTS) is 1. The van der Waals surface area contributed by atoms with Crippen LogP contribution in [0.5, 0.6) is 0 Å². The van der Waals surface area contributed by atoms with Gasteiger partial charge in [-0.05, 0) is 36.6 Å². The first-order chi connectivity index (χ1) is 13.3. The minimum atomic E-state index is -3.72. The summed E-state index contributed by atoms with van der Waals surface area (Å²) in [6.07, 6.45) is 6.00. The number of hydrogen-bond acceptors (Lipinski definition) is 4. The molecule has 0 saturated heterocycles. The lowest BCUT2D eigenvalue weighted by Crippen LogP contribution is -2.36. The van der Waals surface area contributed by atoms with Crippen LogP contribution in [-0.4, -0.2) is 35.5 Å². The van der Waals surface area contributed by atoms with E-state index in [0.717, 1.165) is 32.1 Å². The lowest BCUT2D eigenvalue weighted by molar-refractivity contribution is -0.136. The average Bonchev–Trinajstić information content (AvgIpc) is 3.06. The van der Waals surface area contributed by atoms with Crippen molar-refractivity contribution in [3.8, 4) is 0 Å². The summed E-state index contributed by atoms with van der Waals surface area (Å²) in [6.45, 7) is 0. The van der Waals surface area contributed by atoms with Gasteiger partial charge in [0.1, 0.15) is 5.52 Å². The molecular weight excluding hydrogens is 382 g/mol. The van der Waals surface area contributed by atoms with Crippen LogP contribution in [0.4, 0.5) is 0 Å². The van der Waals surface area contributed by atoms with Crippen LogP contribution in [0.1, 0.15) is 37.7 Å². The SMILES string of the molecule is O=C(O)Cc1c[nH]c2c(=O)[nH]c3ccc(S(=O)(=O)NC4CCCCC4)cc3c12. The monoisotopic (exact) mass is 403 g/mol. The maximum absolute atomic E-state index is 12.9. The second-order valence-electron chi connectivity index (χ2n) is 7.25. The molecule has 1 fully saturated rings. The number of sulfonamides is 1. The van der Waals surface area contributed by atoms with Crippen LogP contribution in [0.2, 0.25) is 0 Å². The fourth-order valence-electron chi connectivity index (χ4n) is 3.95. The summed E-state index contributed by atoms with van der Waals surface area (Å²) in [4.78, 5) is 29.1. The van der Waals surface area contributed by atoms with E-state index in [1.807, 2.05) is 0 Å². The molecule has 0 unspecified atom stereocenters. The van der Waals surface area contributed by atoms with Crippen molar-refractivity contribution < 1.29 is 18.3 Å². The van der Waals surface area contributed by atoms with Crippen molar-refractivity contribution in [2.24, 2.45) is 0 Å². The number of benzene rings is 1. The Balaban J connectivity index is 1.84. The first-order valence-corrected chi connectivity index (χ1v) is 10.7. The first-order valence-electron chi connectivity index (χ1n) is 9.25. The van der Waals surface area contributed by atoms with Gasteiger partial charge < -0.3 is 15.1 Å². The van der Waals surface area contributed by atoms with Gasteiger partial charge in [-0.1, -0.05) is 19.3 Å². The van der Waals surface area contributed by atoms with Gasteiger partial charge in [0.25, 0.3) is 5.56 Å². The largest absolute Gasteiger partial charge is 0.481 e. The van der Waals surface area contributed by atoms with Gasteiger partial charge in [-0.3, -0.25) is 9.59 Å². The lowest BCUT2D eigenvalue weighted by Gasteiger charge is -2.22. The molecule has 4 rings (SSSR count). The molecule has 4 N–H and O–H groups in total. The molecule has 148 valence electrons. The Morgan fingerprint density at radius 2 is 1.96 bits per heavy atom. The highest BCUT2D eigenvalue weighted by Gasteiger charge is 2.23. The summed E-state index contributed by atoms with van der Waals surface area (Å²) in [6, 6.07) is 4.43. The van der Waals surface area contributed by atoms with Crippen molar-refractivity contribution in [2.75, 3.05) is 0 Å². The van der Waals surface area contributed by atoms with E-state index >= 15 is 0 Å². The van der Waals surface area contributed by atoms with Gasteiger partial charge in [-0.15, -0.1) is 0 Å². The summed E-state index contributed by atoms with van der Waals surface area (Å²) in [7, 11) is -3.72. The third-order valence-corrected chi connectivity index (χ3v) is 6.79. The van der Waals surface area contributed by atoms with Gasteiger partial charge in [0.15, 0.2) is 0 Å². The number of aliphatic carboxylic acids is 1. The van der Waals surface area contributed by atoms with Gasteiger partial charge in [-0.2, -0.15) is 0 Å². The van der Waals surface area contributed by atoms with Gasteiger partial charge in [0, 0.05) is 28.5 Å². The molecule has 0 radical (unpaired) electrons. The zero-order valence-electron chi connectivity index (χ0n) is 15.1. The van der Waals surface area contributed by atoms with E-state index in [9.17, 15) is 18.0 Å². The zero-order valence-corrected chi connectivity index (χ0v) is 15.9. The Labute approximate surface area is 161 Å². The van der Waals surface area contributed by atoms with Crippen molar-refractivity contribution >= 4 is 37.8 Å². The van der Waals surface area contributed by atoms with Crippen LogP contribution in [0.3, 0.4) is 0 Å². The molecule has 0 amide bonds. The topological polar surface area (TPSA) is 132 Å². The fraction of sp³-hybridized carbons (Fsp3) is 0.368. The highest BCUT2D eigenvalue weighted by molar-refractivity contribution is 7.89. The van der Waals surface area contributed by atoms with Crippen LogP contribution in [0, 0.1) is 0 Å². The number of aromatic amines is 2. The number of aromatic nitrogens is 2. The number of carboxylic acids is 1. The van der Waals surface area contributed by atoms with Crippen molar-refractivity contribution in [3.63, 3.8) is 0 Å². The zero-order chi connectivity index (χ0) is 19.9. The standard InChI is InChI=1S/C19H21N3O5S/c23-16(24)8-11-10-20-18-17(11)14-9-13(6-7-15(14)21-19(18)25)28(26,27)22-12-4-2-1-3-5-12/h6-7,9-10,12,20,22H,1-5,8H2,(H,21,25)(H,23,24). The van der Waals surface area contributed by atoms with Crippen LogP contribution >= 0.6 is 0 Å². The molecule has 0 atom stereocenters. The number of pyridine rings is 1. The normalized spacial score (nSPS) is 16.0. The Hall–Kier alpha value is -2.65. The van der Waals surface area contributed by atoms with Crippen molar-refractivity contribution in [1.29, 1.82) is 0 Å². The van der Waals surface area contributed by atoms with Crippen LogP contribution in [0.25, 0.3) is 21.8 Å². The molecule has 3 aromatic rings. The van der Waals surface area contributed by atoms with Crippen molar-refractivity contribution in [2.45, 2.75) is 49.5 Å². The van der Waals surface area contributed by atoms with Crippen LogP contribution in [-0.2, 0) is 21.2 Å². The van der Waals surface area contributed by atoms with Gasteiger partial charge in [0.05, 0.1) is 11.3 Å². The third kappa shape index (κ3) is 3.43. The molecule has 8 nitrogen and oxygen atoms in total. The molecular formula is C19H21N3O5S. The molecule has 1 saturated carbocycles. The Bertz CT molecular complexity index is 1220. The summed E-state index contributed by atoms with van der Waals surface area (Å²) >= 11 is 0. The van der Waals surface area contributed by atoms with E-state index in [4.69, 9.17) is 5.11 Å². The number of fused-ring (bicyclic) bond motifs is 3. The summed E-state index contributed by atoms with van der Waals surface area (Å²) in [5.74, 6) is -1.03. The van der Waals surface area contributed by atoms with E-state index in [2.05, 4.69) is 14.7 Å². The molecule has 0 spiro atoms. The number of H-pyrrole nitrogens is 2. The summed E-state index contributed by atoms with van der Waals surface area (Å²) in [5, 5.41) is 10.1. The van der Waals surface area contributed by atoms with E-state index in [1.165, 1.54) is 18.3 Å². The molecule has 9 heteroatoms. The van der Waals surface area contributed by atoms with E-state index < -0.39 is 16.0 Å². The predicted octanol–water partition coefficient (Wildman–Crippen LogP) is 2.25. The Morgan fingerprint density at radius 1 is 1.21 bits per heavy atom. The number of rotatable bonds is 5. The maximum atomic E-state index is 12.9. The third-order valence-electron chi connectivity index (χ3n) is 5.28. The number of hydrogen-bond donors (Lipinski definition) is 4. The Morgan fingerprint density at radius 3 is 2.68 bits per heavy atom. The van der Waals surface area contributed by atoms with Gasteiger partial charge >= 0.3 is 5.97 Å². The summed E-state index contributed by atoms with van der Waals surface area (Å²) in [5.41, 5.74) is 0.752. The highest BCUT2D eigenvalue weighted by Crippen LogP contribution is 2.28. The Kier molecular flexibility index (Phi) is 4.72. The molecule has 1 aliphatic rings. The molecule has 28 heavy (non-hydrogen) atoms. The second-order valence-corrected chi connectivity index (χ2v) is 8.97. The summed E-state index contributed by atoms with van der Waals surface area (Å²) < 4.78 is 28.5. The van der Waals surface area contributed by atoms with Crippen LogP contribution in [0.15, 0.2) is 34.1 Å². The second kappa shape index (κ2) is 7.06. The quantitative estimate of drug-likeness (QED) is 0.519. The van der Waals surface area contributed by atoms with Crippen molar-refractivity contribution in [1.82, 2.24) is 14.7 Å². The first kappa shape index (κ1) is 18.7. The molecule has 1 aliphatic carbocycles. The number of carbonyl (C=O) groups is 1. The maximum Gasteiger partial charge on any atom is 0.307 e. The molecule has 0 aliphatic heterocycles. The van der Waals surface area contributed by atoms with Crippen molar-refractivity contribution in [3.05, 3.63) is 40.3 Å². The lowest BCUT2D eigenvalue weighted by atomic mass is 9.96. The van der Waals surface area contributed by atoms with E-state index in [0.29, 0.717) is 21.9 Å².